The lowest BCUT2D eigenvalue weighted by Crippen LogP contribution is -2.03. The number of hydrogen-bond acceptors (Lipinski definition) is 4. The monoisotopic (exact) mass is 310 g/mol. The Morgan fingerprint density at radius 2 is 1.35 bits per heavy atom. The van der Waals surface area contributed by atoms with Crippen LogP contribution in [0.25, 0.3) is 0 Å². The van der Waals surface area contributed by atoms with Crippen molar-refractivity contribution in [2.45, 2.75) is 64.7 Å². The van der Waals surface area contributed by atoms with E-state index in [1.54, 1.807) is 6.92 Å². The van der Waals surface area contributed by atoms with Gasteiger partial charge in [-0.1, -0.05) is 45.4 Å². The van der Waals surface area contributed by atoms with Crippen molar-refractivity contribution in [2.75, 3.05) is 13.2 Å². The molecule has 0 aromatic rings. The zero-order valence-electron chi connectivity index (χ0n) is 12.3. The van der Waals surface area contributed by atoms with Crippen LogP contribution in [0.4, 0.5) is 0 Å². The molecular formula is C13H27O6P. The molecule has 0 rings (SSSR count). The van der Waals surface area contributed by atoms with Crippen LogP contribution in [0.2, 0.25) is 0 Å². The summed E-state index contributed by atoms with van der Waals surface area (Å²) in [6, 6.07) is 0. The van der Waals surface area contributed by atoms with Crippen molar-refractivity contribution in [3.8, 4) is 0 Å². The summed E-state index contributed by atoms with van der Waals surface area (Å²) >= 11 is 0. The molecule has 0 saturated heterocycles. The molecule has 0 unspecified atom stereocenters. The highest BCUT2D eigenvalue weighted by Crippen LogP contribution is 2.35. The minimum Gasteiger partial charge on any atom is -0.466 e. The first-order chi connectivity index (χ1) is 9.45. The van der Waals surface area contributed by atoms with Crippen LogP contribution in [0, 0.1) is 0 Å². The molecular weight excluding hydrogens is 283 g/mol. The molecule has 0 radical (unpaired) electrons. The zero-order chi connectivity index (χ0) is 15.3. The topological polar surface area (TPSA) is 93.1 Å². The van der Waals surface area contributed by atoms with Gasteiger partial charge in [0.2, 0.25) is 0 Å². The number of phosphoric ester groups is 1. The van der Waals surface area contributed by atoms with Gasteiger partial charge in [0.05, 0.1) is 13.2 Å². The van der Waals surface area contributed by atoms with E-state index in [4.69, 9.17) is 14.5 Å². The maximum atomic E-state index is 10.9. The molecule has 0 saturated carbocycles. The van der Waals surface area contributed by atoms with Gasteiger partial charge in [-0.3, -0.25) is 9.32 Å². The number of phosphoric acid groups is 1. The lowest BCUT2D eigenvalue weighted by atomic mass is 10.1. The Hall–Kier alpha value is -0.420. The fourth-order valence-electron chi connectivity index (χ4n) is 1.74. The van der Waals surface area contributed by atoms with E-state index in [-0.39, 0.29) is 12.6 Å². The van der Waals surface area contributed by atoms with Crippen molar-refractivity contribution in [1.82, 2.24) is 0 Å². The van der Waals surface area contributed by atoms with Gasteiger partial charge >= 0.3 is 13.8 Å². The third-order valence-electron chi connectivity index (χ3n) is 2.85. The fraction of sp³-hybridized carbons (Fsp3) is 0.923. The number of carbonyl (C=O) groups excluding carboxylic acids is 1. The summed E-state index contributed by atoms with van der Waals surface area (Å²) in [5.74, 6) is -0.137. The van der Waals surface area contributed by atoms with Gasteiger partial charge in [-0.05, 0) is 12.8 Å². The molecule has 7 heteroatoms. The van der Waals surface area contributed by atoms with Crippen LogP contribution >= 0.6 is 7.82 Å². The Bertz CT molecular complexity index is 289. The van der Waals surface area contributed by atoms with Gasteiger partial charge in [0.15, 0.2) is 0 Å². The second kappa shape index (κ2) is 12.3. The molecule has 0 spiro atoms. The Kier molecular flexibility index (Phi) is 12.1. The van der Waals surface area contributed by atoms with Gasteiger partial charge in [-0.25, -0.2) is 4.57 Å². The molecule has 120 valence electrons. The maximum absolute atomic E-state index is 10.9. The number of hydrogen-bond donors (Lipinski definition) is 2. The highest BCUT2D eigenvalue weighted by atomic mass is 31.2. The van der Waals surface area contributed by atoms with E-state index in [1.165, 1.54) is 0 Å². The Labute approximate surface area is 121 Å². The van der Waals surface area contributed by atoms with E-state index in [0.717, 1.165) is 44.9 Å². The van der Waals surface area contributed by atoms with Crippen molar-refractivity contribution < 1.29 is 28.4 Å². The number of carbonyl (C=O) groups is 1. The molecule has 0 heterocycles. The molecule has 0 aromatic heterocycles. The molecule has 0 atom stereocenters. The summed E-state index contributed by atoms with van der Waals surface area (Å²) in [6.45, 7) is 2.42. The Morgan fingerprint density at radius 1 is 0.900 bits per heavy atom. The smallest absolute Gasteiger partial charge is 0.466 e. The molecule has 6 nitrogen and oxygen atoms in total. The minimum absolute atomic E-state index is 0.118. The van der Waals surface area contributed by atoms with Gasteiger partial charge in [0.1, 0.15) is 0 Å². The van der Waals surface area contributed by atoms with Crippen molar-refractivity contribution in [3.05, 3.63) is 0 Å². The largest absolute Gasteiger partial charge is 0.469 e. The predicted molar refractivity (Wildman–Crippen MR) is 76.2 cm³/mol. The molecule has 0 amide bonds. The number of rotatable bonds is 13. The molecule has 0 fully saturated rings. The molecule has 0 aliphatic rings. The quantitative estimate of drug-likeness (QED) is 0.308. The van der Waals surface area contributed by atoms with E-state index < -0.39 is 7.82 Å². The van der Waals surface area contributed by atoms with E-state index in [2.05, 4.69) is 4.52 Å². The van der Waals surface area contributed by atoms with E-state index in [9.17, 15) is 9.36 Å². The van der Waals surface area contributed by atoms with Crippen LogP contribution < -0.4 is 0 Å². The van der Waals surface area contributed by atoms with Gasteiger partial charge in [-0.15, -0.1) is 0 Å². The summed E-state index contributed by atoms with van der Waals surface area (Å²) in [6.07, 6.45) is 8.46. The Balaban J connectivity index is 3.10. The van der Waals surface area contributed by atoms with Gasteiger partial charge < -0.3 is 14.5 Å². The summed E-state index contributed by atoms with van der Waals surface area (Å²) < 4.78 is 19.7. The average Bonchev–Trinajstić information content (AvgIpc) is 2.38. The third-order valence-corrected chi connectivity index (χ3v) is 3.37. The first kappa shape index (κ1) is 19.6. The zero-order valence-corrected chi connectivity index (χ0v) is 13.1. The van der Waals surface area contributed by atoms with Crippen LogP contribution in [-0.4, -0.2) is 29.0 Å². The lowest BCUT2D eigenvalue weighted by molar-refractivity contribution is -0.143. The van der Waals surface area contributed by atoms with Gasteiger partial charge in [0.25, 0.3) is 0 Å². The second-order valence-corrected chi connectivity index (χ2v) is 5.97. The molecule has 0 aromatic carbocycles. The van der Waals surface area contributed by atoms with E-state index in [1.807, 2.05) is 0 Å². The first-order valence-electron chi connectivity index (χ1n) is 7.31. The van der Waals surface area contributed by atoms with Crippen molar-refractivity contribution in [2.24, 2.45) is 0 Å². The van der Waals surface area contributed by atoms with Crippen LogP contribution in [0.3, 0.4) is 0 Å². The summed E-state index contributed by atoms with van der Waals surface area (Å²) in [5, 5.41) is 0. The van der Waals surface area contributed by atoms with Crippen LogP contribution in [0.15, 0.2) is 0 Å². The van der Waals surface area contributed by atoms with Crippen molar-refractivity contribution in [3.63, 3.8) is 0 Å². The number of ether oxygens (including phenoxy) is 1. The second-order valence-electron chi connectivity index (χ2n) is 4.73. The maximum Gasteiger partial charge on any atom is 0.469 e. The first-order valence-corrected chi connectivity index (χ1v) is 8.84. The minimum atomic E-state index is -4.29. The van der Waals surface area contributed by atoms with Crippen LogP contribution in [0.1, 0.15) is 64.7 Å². The molecule has 20 heavy (non-hydrogen) atoms. The van der Waals surface area contributed by atoms with Crippen molar-refractivity contribution >= 4 is 13.8 Å². The van der Waals surface area contributed by atoms with Crippen molar-refractivity contribution in [1.29, 1.82) is 0 Å². The number of unbranched alkanes of at least 4 members (excludes halogenated alkanes) is 7. The summed E-state index contributed by atoms with van der Waals surface area (Å²) in [5.41, 5.74) is 0. The Morgan fingerprint density at radius 3 is 1.80 bits per heavy atom. The molecule has 2 N–H and O–H groups in total. The summed E-state index contributed by atoms with van der Waals surface area (Å²) in [7, 11) is -4.29. The fourth-order valence-corrected chi connectivity index (χ4v) is 2.10. The van der Waals surface area contributed by atoms with E-state index >= 15 is 0 Å². The van der Waals surface area contributed by atoms with E-state index in [0.29, 0.717) is 19.4 Å². The third kappa shape index (κ3) is 15.6. The summed E-state index contributed by atoms with van der Waals surface area (Å²) in [4.78, 5) is 27.8. The molecule has 0 bridgehead atoms. The standard InChI is InChI=1S/C13H27O6P/c1-2-13(14)18-11-9-7-5-3-4-6-8-10-12-19-20(15,16)17/h2-12H2,1H3,(H2,15,16,17). The highest BCUT2D eigenvalue weighted by molar-refractivity contribution is 7.46. The highest BCUT2D eigenvalue weighted by Gasteiger charge is 2.12. The average molecular weight is 310 g/mol. The van der Waals surface area contributed by atoms with Gasteiger partial charge in [-0.2, -0.15) is 0 Å². The lowest BCUT2D eigenvalue weighted by Gasteiger charge is -2.05. The SMILES string of the molecule is CCC(=O)OCCCCCCCCCCOP(=O)(O)O. The molecule has 0 aliphatic carbocycles. The number of esters is 1. The normalized spacial score (nSPS) is 11.6. The predicted octanol–water partition coefficient (Wildman–Crippen LogP) is 3.17. The van der Waals surface area contributed by atoms with Gasteiger partial charge in [0, 0.05) is 6.42 Å². The van der Waals surface area contributed by atoms with Crippen LogP contribution in [0.5, 0.6) is 0 Å². The molecule has 0 aliphatic heterocycles. The van der Waals surface area contributed by atoms with Crippen LogP contribution in [-0.2, 0) is 18.6 Å².